The maximum Gasteiger partial charge on any atom is 0.00870 e. The molecule has 2 rings (SSSR count). The second kappa shape index (κ2) is 7.27. The molecule has 1 N–H and O–H groups in total. The van der Waals surface area contributed by atoms with Gasteiger partial charge in [0.15, 0.2) is 0 Å². The fraction of sp³-hybridized carbons (Fsp3) is 0.733. The van der Waals surface area contributed by atoms with Gasteiger partial charge in [-0.15, -0.1) is 11.3 Å². The van der Waals surface area contributed by atoms with Crippen molar-refractivity contribution < 1.29 is 0 Å². The number of rotatable bonds is 7. The van der Waals surface area contributed by atoms with Crippen molar-refractivity contribution in [2.24, 2.45) is 0 Å². The Morgan fingerprint density at radius 1 is 1.33 bits per heavy atom. The van der Waals surface area contributed by atoms with E-state index in [-0.39, 0.29) is 0 Å². The summed E-state index contributed by atoms with van der Waals surface area (Å²) >= 11 is 1.93. The van der Waals surface area contributed by atoms with Crippen molar-refractivity contribution in [1.82, 2.24) is 10.2 Å². The van der Waals surface area contributed by atoms with Crippen LogP contribution in [0.5, 0.6) is 0 Å². The first-order valence-electron chi connectivity index (χ1n) is 7.25. The van der Waals surface area contributed by atoms with Crippen molar-refractivity contribution in [1.29, 1.82) is 0 Å². The largest absolute Gasteiger partial charge is 0.314 e. The summed E-state index contributed by atoms with van der Waals surface area (Å²) in [5.74, 6) is 0. The summed E-state index contributed by atoms with van der Waals surface area (Å²) < 4.78 is 0. The molecule has 102 valence electrons. The first kappa shape index (κ1) is 14.0. The molecule has 3 heteroatoms. The van der Waals surface area contributed by atoms with Gasteiger partial charge in [-0.2, -0.15) is 0 Å². The number of likely N-dealkylation sites (tertiary alicyclic amines) is 1. The molecular formula is C15H26N2S. The summed E-state index contributed by atoms with van der Waals surface area (Å²) in [5, 5.41) is 3.64. The summed E-state index contributed by atoms with van der Waals surface area (Å²) in [5.41, 5.74) is 0. The summed E-state index contributed by atoms with van der Waals surface area (Å²) in [7, 11) is 0. The third-order valence-corrected chi connectivity index (χ3v) is 4.67. The van der Waals surface area contributed by atoms with Crippen molar-refractivity contribution in [2.75, 3.05) is 26.2 Å². The Balaban J connectivity index is 1.55. The van der Waals surface area contributed by atoms with Gasteiger partial charge < -0.3 is 10.2 Å². The fourth-order valence-electron chi connectivity index (χ4n) is 2.63. The molecule has 1 aliphatic heterocycles. The van der Waals surface area contributed by atoms with E-state index in [1.54, 1.807) is 0 Å². The lowest BCUT2D eigenvalue weighted by Gasteiger charge is -2.16. The van der Waals surface area contributed by atoms with Crippen molar-refractivity contribution in [2.45, 2.75) is 45.6 Å². The normalized spacial score (nSPS) is 18.3. The number of aryl methyl sites for hydroxylation is 1. The molecule has 1 aromatic heterocycles. The smallest absolute Gasteiger partial charge is 0.00870 e. The zero-order valence-electron chi connectivity index (χ0n) is 11.7. The SMILES string of the molecule is Cc1ccc(CC(C)NCCCN2CCCC2)s1. The highest BCUT2D eigenvalue weighted by atomic mass is 32.1. The van der Waals surface area contributed by atoms with Gasteiger partial charge in [0.2, 0.25) is 0 Å². The van der Waals surface area contributed by atoms with E-state index in [4.69, 9.17) is 0 Å². The van der Waals surface area contributed by atoms with Crippen molar-refractivity contribution in [3.05, 3.63) is 21.9 Å². The maximum absolute atomic E-state index is 3.64. The Morgan fingerprint density at radius 2 is 2.11 bits per heavy atom. The quantitative estimate of drug-likeness (QED) is 0.763. The van der Waals surface area contributed by atoms with Gasteiger partial charge in [-0.05, 0) is 77.8 Å². The zero-order valence-corrected chi connectivity index (χ0v) is 12.6. The minimum absolute atomic E-state index is 0.599. The lowest BCUT2D eigenvalue weighted by Crippen LogP contribution is -2.31. The molecule has 0 aromatic carbocycles. The first-order valence-corrected chi connectivity index (χ1v) is 8.07. The maximum atomic E-state index is 3.64. The van der Waals surface area contributed by atoms with E-state index in [1.807, 2.05) is 11.3 Å². The fourth-order valence-corrected chi connectivity index (χ4v) is 3.65. The monoisotopic (exact) mass is 266 g/mol. The van der Waals surface area contributed by atoms with Gasteiger partial charge in [0.05, 0.1) is 0 Å². The third-order valence-electron chi connectivity index (χ3n) is 3.65. The van der Waals surface area contributed by atoms with E-state index in [1.165, 1.54) is 55.1 Å². The molecule has 1 aromatic rings. The second-order valence-corrected chi connectivity index (χ2v) is 6.85. The second-order valence-electron chi connectivity index (χ2n) is 5.47. The molecular weight excluding hydrogens is 240 g/mol. The molecule has 1 aliphatic rings. The van der Waals surface area contributed by atoms with Gasteiger partial charge in [0.25, 0.3) is 0 Å². The molecule has 0 bridgehead atoms. The van der Waals surface area contributed by atoms with E-state index in [2.05, 4.69) is 36.2 Å². The Labute approximate surface area is 115 Å². The van der Waals surface area contributed by atoms with E-state index < -0.39 is 0 Å². The number of thiophene rings is 1. The van der Waals surface area contributed by atoms with Crippen LogP contribution in [0.15, 0.2) is 12.1 Å². The van der Waals surface area contributed by atoms with E-state index in [0.29, 0.717) is 6.04 Å². The van der Waals surface area contributed by atoms with Crippen LogP contribution in [0.1, 0.15) is 35.9 Å². The van der Waals surface area contributed by atoms with E-state index in [0.717, 1.165) is 6.54 Å². The molecule has 1 atom stereocenters. The number of nitrogens with zero attached hydrogens (tertiary/aromatic N) is 1. The predicted molar refractivity (Wildman–Crippen MR) is 80.5 cm³/mol. The third kappa shape index (κ3) is 4.71. The molecule has 2 heterocycles. The van der Waals surface area contributed by atoms with E-state index in [9.17, 15) is 0 Å². The number of nitrogens with one attached hydrogen (secondary N) is 1. The van der Waals surface area contributed by atoms with Gasteiger partial charge in [-0.3, -0.25) is 0 Å². The Morgan fingerprint density at radius 3 is 2.78 bits per heavy atom. The van der Waals surface area contributed by atoms with Gasteiger partial charge >= 0.3 is 0 Å². The standard InChI is InChI=1S/C15H26N2S/c1-13(12-15-7-6-14(2)18-15)16-8-5-11-17-9-3-4-10-17/h6-7,13,16H,3-5,8-12H2,1-2H3. The highest BCUT2D eigenvalue weighted by Gasteiger charge is 2.10. The van der Waals surface area contributed by atoms with Crippen LogP contribution in [0.2, 0.25) is 0 Å². The lowest BCUT2D eigenvalue weighted by atomic mass is 10.2. The van der Waals surface area contributed by atoms with Crippen molar-refractivity contribution in [3.63, 3.8) is 0 Å². The first-order chi connectivity index (χ1) is 8.74. The van der Waals surface area contributed by atoms with Crippen molar-refractivity contribution >= 4 is 11.3 Å². The van der Waals surface area contributed by atoms with Crippen LogP contribution in [0.3, 0.4) is 0 Å². The Bertz CT molecular complexity index is 342. The van der Waals surface area contributed by atoms with Crippen molar-refractivity contribution in [3.8, 4) is 0 Å². The molecule has 18 heavy (non-hydrogen) atoms. The Hall–Kier alpha value is -0.380. The summed E-state index contributed by atoms with van der Waals surface area (Å²) in [6, 6.07) is 5.09. The van der Waals surface area contributed by atoms with Crippen LogP contribution in [-0.4, -0.2) is 37.1 Å². The molecule has 0 radical (unpaired) electrons. The number of hydrogen-bond donors (Lipinski definition) is 1. The average Bonchev–Trinajstić information content (AvgIpc) is 2.96. The molecule has 2 nitrogen and oxygen atoms in total. The average molecular weight is 266 g/mol. The lowest BCUT2D eigenvalue weighted by molar-refractivity contribution is 0.328. The van der Waals surface area contributed by atoms with Gasteiger partial charge in [-0.1, -0.05) is 0 Å². The molecule has 0 amide bonds. The summed E-state index contributed by atoms with van der Waals surface area (Å²) in [6.45, 7) is 9.56. The molecule has 0 spiro atoms. The summed E-state index contributed by atoms with van der Waals surface area (Å²) in [4.78, 5) is 5.52. The van der Waals surface area contributed by atoms with Crippen LogP contribution in [-0.2, 0) is 6.42 Å². The van der Waals surface area contributed by atoms with Gasteiger partial charge in [0.1, 0.15) is 0 Å². The minimum atomic E-state index is 0.599. The molecule has 0 aliphatic carbocycles. The molecule has 1 saturated heterocycles. The highest BCUT2D eigenvalue weighted by molar-refractivity contribution is 7.11. The van der Waals surface area contributed by atoms with Gasteiger partial charge in [0, 0.05) is 15.8 Å². The predicted octanol–water partition coefficient (Wildman–Crippen LogP) is 3.06. The molecule has 1 unspecified atom stereocenters. The van der Waals surface area contributed by atoms with Crippen LogP contribution in [0.4, 0.5) is 0 Å². The van der Waals surface area contributed by atoms with Crippen LogP contribution in [0, 0.1) is 6.92 Å². The molecule has 1 fully saturated rings. The number of hydrogen-bond acceptors (Lipinski definition) is 3. The topological polar surface area (TPSA) is 15.3 Å². The van der Waals surface area contributed by atoms with Crippen LogP contribution >= 0.6 is 11.3 Å². The Kier molecular flexibility index (Phi) is 5.67. The zero-order chi connectivity index (χ0) is 12.8. The van der Waals surface area contributed by atoms with Gasteiger partial charge in [-0.25, -0.2) is 0 Å². The van der Waals surface area contributed by atoms with E-state index >= 15 is 0 Å². The van der Waals surface area contributed by atoms with Crippen LogP contribution < -0.4 is 5.32 Å². The highest BCUT2D eigenvalue weighted by Crippen LogP contribution is 2.16. The minimum Gasteiger partial charge on any atom is -0.314 e. The van der Waals surface area contributed by atoms with Crippen LogP contribution in [0.25, 0.3) is 0 Å². The molecule has 0 saturated carbocycles. The summed E-state index contributed by atoms with van der Waals surface area (Å²) in [6.07, 6.45) is 5.26.